The summed E-state index contributed by atoms with van der Waals surface area (Å²) in [6, 6.07) is 5.34. The molecule has 0 fully saturated rings. The van der Waals surface area contributed by atoms with Crippen LogP contribution in [0.4, 0.5) is 4.79 Å². The third-order valence-corrected chi connectivity index (χ3v) is 2.94. The van der Waals surface area contributed by atoms with Crippen LogP contribution in [-0.4, -0.2) is 16.8 Å². The number of carbonyl (C=O) groups excluding carboxylic acids is 1. The Hall–Kier alpha value is -1.71. The third-order valence-electron chi connectivity index (χ3n) is 2.94. The van der Waals surface area contributed by atoms with Crippen molar-refractivity contribution in [2.75, 3.05) is 0 Å². The lowest BCUT2D eigenvalue weighted by Crippen LogP contribution is -2.34. The van der Waals surface area contributed by atoms with Crippen molar-refractivity contribution in [3.05, 3.63) is 29.3 Å². The minimum atomic E-state index is -0.496. The lowest BCUT2D eigenvalue weighted by atomic mass is 10.1. The second-order valence-corrected chi connectivity index (χ2v) is 5.58. The first-order chi connectivity index (χ1) is 8.37. The fourth-order valence-corrected chi connectivity index (χ4v) is 2.23. The molecule has 0 saturated carbocycles. The summed E-state index contributed by atoms with van der Waals surface area (Å²) in [6.45, 7) is 5.50. The van der Waals surface area contributed by atoms with Crippen LogP contribution in [0.3, 0.4) is 0 Å². The van der Waals surface area contributed by atoms with Gasteiger partial charge in [0.1, 0.15) is 11.4 Å². The minimum absolute atomic E-state index is 0.0676. The van der Waals surface area contributed by atoms with Crippen molar-refractivity contribution in [3.8, 4) is 5.75 Å². The molecule has 0 radical (unpaired) electrons. The summed E-state index contributed by atoms with van der Waals surface area (Å²) < 4.78 is 5.23. The van der Waals surface area contributed by atoms with E-state index in [1.807, 2.05) is 26.8 Å². The Morgan fingerprint density at radius 3 is 2.83 bits per heavy atom. The summed E-state index contributed by atoms with van der Waals surface area (Å²) in [6.07, 6.45) is 1.16. The van der Waals surface area contributed by atoms with Gasteiger partial charge in [0.15, 0.2) is 0 Å². The number of hydrogen-bond donors (Lipinski definition) is 2. The Kier molecular flexibility index (Phi) is 3.20. The molecule has 1 atom stereocenters. The lowest BCUT2D eigenvalue weighted by Gasteiger charge is -2.22. The summed E-state index contributed by atoms with van der Waals surface area (Å²) in [7, 11) is 0. The molecular weight excluding hydrogens is 230 g/mol. The highest BCUT2D eigenvalue weighted by atomic mass is 16.6. The molecule has 2 N–H and O–H groups in total. The van der Waals surface area contributed by atoms with E-state index in [1.165, 1.54) is 0 Å². The molecule has 1 aliphatic carbocycles. The van der Waals surface area contributed by atoms with E-state index >= 15 is 0 Å². The molecule has 1 aliphatic rings. The van der Waals surface area contributed by atoms with Gasteiger partial charge >= 0.3 is 6.09 Å². The van der Waals surface area contributed by atoms with Gasteiger partial charge in [0.2, 0.25) is 0 Å². The number of phenols is 1. The molecule has 1 aromatic carbocycles. The molecular formula is C14H19NO3. The van der Waals surface area contributed by atoms with E-state index in [9.17, 15) is 9.90 Å². The fourth-order valence-electron chi connectivity index (χ4n) is 2.23. The number of aromatic hydroxyl groups is 1. The van der Waals surface area contributed by atoms with Crippen molar-refractivity contribution in [3.63, 3.8) is 0 Å². The highest BCUT2D eigenvalue weighted by Crippen LogP contribution is 2.36. The van der Waals surface area contributed by atoms with Crippen LogP contribution >= 0.6 is 0 Å². The number of nitrogens with one attached hydrogen (secondary N) is 1. The topological polar surface area (TPSA) is 58.6 Å². The molecule has 0 spiro atoms. The molecule has 0 aromatic heterocycles. The number of rotatable bonds is 1. The van der Waals surface area contributed by atoms with Crippen molar-refractivity contribution >= 4 is 6.09 Å². The van der Waals surface area contributed by atoms with Gasteiger partial charge < -0.3 is 15.2 Å². The molecule has 0 unspecified atom stereocenters. The Labute approximate surface area is 107 Å². The number of benzene rings is 1. The van der Waals surface area contributed by atoms with Crippen LogP contribution in [0.2, 0.25) is 0 Å². The van der Waals surface area contributed by atoms with Crippen LogP contribution in [0.5, 0.6) is 5.75 Å². The van der Waals surface area contributed by atoms with Crippen molar-refractivity contribution in [2.24, 2.45) is 0 Å². The van der Waals surface area contributed by atoms with Gasteiger partial charge in [-0.3, -0.25) is 0 Å². The predicted molar refractivity (Wildman–Crippen MR) is 68.5 cm³/mol. The highest BCUT2D eigenvalue weighted by Gasteiger charge is 2.27. The van der Waals surface area contributed by atoms with Gasteiger partial charge in [-0.2, -0.15) is 0 Å². The van der Waals surface area contributed by atoms with E-state index < -0.39 is 11.7 Å². The van der Waals surface area contributed by atoms with E-state index in [0.717, 1.165) is 24.0 Å². The highest BCUT2D eigenvalue weighted by molar-refractivity contribution is 5.69. The van der Waals surface area contributed by atoms with Crippen LogP contribution in [0, 0.1) is 0 Å². The van der Waals surface area contributed by atoms with Gasteiger partial charge in [0.05, 0.1) is 6.04 Å². The summed E-state index contributed by atoms with van der Waals surface area (Å²) in [5.41, 5.74) is 1.42. The molecule has 18 heavy (non-hydrogen) atoms. The number of hydrogen-bond acceptors (Lipinski definition) is 3. The maximum Gasteiger partial charge on any atom is 0.408 e. The summed E-state index contributed by atoms with van der Waals surface area (Å²) in [5.74, 6) is 0.306. The lowest BCUT2D eigenvalue weighted by molar-refractivity contribution is 0.0503. The van der Waals surface area contributed by atoms with Gasteiger partial charge in [0.25, 0.3) is 0 Å². The zero-order chi connectivity index (χ0) is 13.3. The molecule has 98 valence electrons. The van der Waals surface area contributed by atoms with Gasteiger partial charge in [-0.25, -0.2) is 4.79 Å². The molecule has 1 amide bonds. The third kappa shape index (κ3) is 2.75. The van der Waals surface area contributed by atoms with E-state index in [2.05, 4.69) is 5.32 Å². The number of alkyl carbamates (subject to hydrolysis) is 1. The molecule has 0 saturated heterocycles. The Balaban J connectivity index is 2.06. The fraction of sp³-hybridized carbons (Fsp3) is 0.500. The smallest absolute Gasteiger partial charge is 0.408 e. The second-order valence-electron chi connectivity index (χ2n) is 5.58. The molecule has 0 heterocycles. The van der Waals surface area contributed by atoms with Gasteiger partial charge in [-0.1, -0.05) is 12.1 Å². The molecule has 2 rings (SSSR count). The number of carbonyl (C=O) groups is 1. The molecule has 4 nitrogen and oxygen atoms in total. The summed E-state index contributed by atoms with van der Waals surface area (Å²) >= 11 is 0. The molecule has 1 aromatic rings. The number of phenolic OH excluding ortho intramolecular Hbond substituents is 1. The van der Waals surface area contributed by atoms with Crippen molar-refractivity contribution in [1.82, 2.24) is 5.32 Å². The van der Waals surface area contributed by atoms with E-state index in [-0.39, 0.29) is 6.04 Å². The Bertz CT molecular complexity index is 463. The normalized spacial score (nSPS) is 18.3. The van der Waals surface area contributed by atoms with E-state index in [4.69, 9.17) is 4.74 Å². The zero-order valence-corrected chi connectivity index (χ0v) is 11.0. The minimum Gasteiger partial charge on any atom is -0.508 e. The SMILES string of the molecule is CC(C)(C)OC(=O)N[C@@H]1CCc2c(O)cccc21. The number of amides is 1. The van der Waals surface area contributed by atoms with Crippen LogP contribution in [0.1, 0.15) is 44.4 Å². The van der Waals surface area contributed by atoms with Gasteiger partial charge in [-0.05, 0) is 50.8 Å². The van der Waals surface area contributed by atoms with Crippen molar-refractivity contribution < 1.29 is 14.6 Å². The second kappa shape index (κ2) is 4.52. The summed E-state index contributed by atoms with van der Waals surface area (Å²) in [5, 5.41) is 12.6. The molecule has 4 heteroatoms. The summed E-state index contributed by atoms with van der Waals surface area (Å²) in [4.78, 5) is 11.7. The van der Waals surface area contributed by atoms with Crippen LogP contribution in [-0.2, 0) is 11.2 Å². The monoisotopic (exact) mass is 249 g/mol. The standard InChI is InChI=1S/C14H19NO3/c1-14(2,3)18-13(17)15-11-8-7-10-9(11)5-4-6-12(10)16/h4-6,11,16H,7-8H2,1-3H3,(H,15,17)/t11-/m1/s1. The number of fused-ring (bicyclic) bond motifs is 1. The van der Waals surface area contributed by atoms with Gasteiger partial charge in [-0.15, -0.1) is 0 Å². The first kappa shape index (κ1) is 12.7. The average Bonchev–Trinajstić information content (AvgIpc) is 2.60. The van der Waals surface area contributed by atoms with E-state index in [0.29, 0.717) is 5.75 Å². The Morgan fingerprint density at radius 2 is 2.17 bits per heavy atom. The van der Waals surface area contributed by atoms with Crippen LogP contribution in [0.25, 0.3) is 0 Å². The zero-order valence-electron chi connectivity index (χ0n) is 11.0. The van der Waals surface area contributed by atoms with Gasteiger partial charge in [0, 0.05) is 0 Å². The quantitative estimate of drug-likeness (QED) is 0.804. The first-order valence-electron chi connectivity index (χ1n) is 6.17. The first-order valence-corrected chi connectivity index (χ1v) is 6.17. The van der Waals surface area contributed by atoms with Crippen molar-refractivity contribution in [1.29, 1.82) is 0 Å². The maximum absolute atomic E-state index is 11.7. The Morgan fingerprint density at radius 1 is 1.44 bits per heavy atom. The van der Waals surface area contributed by atoms with Crippen LogP contribution in [0.15, 0.2) is 18.2 Å². The molecule has 0 aliphatic heterocycles. The average molecular weight is 249 g/mol. The molecule has 0 bridgehead atoms. The van der Waals surface area contributed by atoms with Crippen molar-refractivity contribution in [2.45, 2.75) is 45.3 Å². The maximum atomic E-state index is 11.7. The predicted octanol–water partition coefficient (Wildman–Crippen LogP) is 2.90. The van der Waals surface area contributed by atoms with E-state index in [1.54, 1.807) is 12.1 Å². The largest absolute Gasteiger partial charge is 0.508 e. The number of ether oxygens (including phenoxy) is 1. The van der Waals surface area contributed by atoms with Crippen LogP contribution < -0.4 is 5.32 Å².